The number of nitrogens with zero attached hydrogens (tertiary/aromatic N) is 3. The Kier molecular flexibility index (Phi) is 10.9. The molecule has 7 heteroatoms. The van der Waals surface area contributed by atoms with E-state index in [0.29, 0.717) is 12.6 Å². The Balaban J connectivity index is 0.00000320. The first-order chi connectivity index (χ1) is 14.1. The van der Waals surface area contributed by atoms with Crippen molar-refractivity contribution < 1.29 is 4.79 Å². The Hall–Kier alpha value is -1.35. The number of likely N-dealkylation sites (tertiary alicyclic amines) is 1. The Morgan fingerprint density at radius 2 is 1.67 bits per heavy atom. The summed E-state index contributed by atoms with van der Waals surface area (Å²) < 4.78 is 0. The third kappa shape index (κ3) is 8.41. The van der Waals surface area contributed by atoms with E-state index in [0.717, 1.165) is 12.5 Å². The maximum absolute atomic E-state index is 12.0. The fraction of sp³-hybridized carbons (Fsp3) is 0.652. The van der Waals surface area contributed by atoms with Crippen LogP contribution in [0.25, 0.3) is 0 Å². The number of aliphatic imine (C=N–C) groups is 1. The van der Waals surface area contributed by atoms with Gasteiger partial charge >= 0.3 is 0 Å². The topological polar surface area (TPSA) is 60.0 Å². The molecule has 0 radical (unpaired) electrons. The van der Waals surface area contributed by atoms with Gasteiger partial charge in [-0.15, -0.1) is 24.0 Å². The summed E-state index contributed by atoms with van der Waals surface area (Å²) in [5, 5.41) is 6.76. The summed E-state index contributed by atoms with van der Waals surface area (Å²) >= 11 is 0. The molecule has 2 N–H and O–H groups in total. The van der Waals surface area contributed by atoms with Crippen LogP contribution in [-0.4, -0.2) is 61.4 Å². The highest BCUT2D eigenvalue weighted by Crippen LogP contribution is 2.17. The minimum atomic E-state index is 0. The van der Waals surface area contributed by atoms with Gasteiger partial charge in [-0.1, -0.05) is 43.5 Å². The third-order valence-corrected chi connectivity index (χ3v) is 5.90. The predicted molar refractivity (Wildman–Crippen MR) is 134 cm³/mol. The van der Waals surface area contributed by atoms with Crippen LogP contribution in [0.3, 0.4) is 0 Å². The number of hydrogen-bond acceptors (Lipinski definition) is 3. The Bertz CT molecular complexity index is 665. The molecule has 1 heterocycles. The predicted octanol–water partition coefficient (Wildman–Crippen LogP) is 3.36. The van der Waals surface area contributed by atoms with Gasteiger partial charge in [-0.25, -0.2) is 4.99 Å². The molecule has 1 saturated heterocycles. The Morgan fingerprint density at radius 3 is 2.30 bits per heavy atom. The number of guanidine groups is 1. The van der Waals surface area contributed by atoms with Crippen LogP contribution in [0, 0.1) is 0 Å². The van der Waals surface area contributed by atoms with Crippen molar-refractivity contribution >= 4 is 35.8 Å². The van der Waals surface area contributed by atoms with Gasteiger partial charge in [0.1, 0.15) is 0 Å². The number of nitrogens with one attached hydrogen (secondary N) is 2. The minimum absolute atomic E-state index is 0. The molecule has 30 heavy (non-hydrogen) atoms. The molecule has 2 fully saturated rings. The van der Waals surface area contributed by atoms with Crippen LogP contribution in [0.5, 0.6) is 0 Å². The van der Waals surface area contributed by atoms with Crippen molar-refractivity contribution in [2.45, 2.75) is 64.1 Å². The second kappa shape index (κ2) is 13.1. The van der Waals surface area contributed by atoms with E-state index in [1.165, 1.54) is 69.2 Å². The second-order valence-electron chi connectivity index (χ2n) is 8.59. The monoisotopic (exact) mass is 527 g/mol. The normalized spacial score (nSPS) is 18.0. The molecule has 0 bridgehead atoms. The lowest BCUT2D eigenvalue weighted by Gasteiger charge is -2.25. The highest BCUT2D eigenvalue weighted by molar-refractivity contribution is 14.0. The van der Waals surface area contributed by atoms with E-state index in [-0.39, 0.29) is 36.4 Å². The van der Waals surface area contributed by atoms with Gasteiger partial charge in [-0.05, 0) is 49.9 Å². The third-order valence-electron chi connectivity index (χ3n) is 5.90. The maximum Gasteiger partial charge on any atom is 0.241 e. The van der Waals surface area contributed by atoms with Gasteiger partial charge in [0, 0.05) is 26.7 Å². The van der Waals surface area contributed by atoms with Gasteiger partial charge in [0.2, 0.25) is 5.91 Å². The van der Waals surface area contributed by atoms with E-state index >= 15 is 0 Å². The average Bonchev–Trinajstić information content (AvgIpc) is 3.24. The zero-order valence-corrected chi connectivity index (χ0v) is 20.9. The van der Waals surface area contributed by atoms with Gasteiger partial charge in [-0.3, -0.25) is 9.69 Å². The highest BCUT2D eigenvalue weighted by Gasteiger charge is 2.15. The molecule has 0 spiro atoms. The summed E-state index contributed by atoms with van der Waals surface area (Å²) in [7, 11) is 3.55. The van der Waals surface area contributed by atoms with E-state index in [1.54, 1.807) is 19.0 Å². The summed E-state index contributed by atoms with van der Waals surface area (Å²) in [5.74, 6) is 0.794. The van der Waals surface area contributed by atoms with Crippen molar-refractivity contribution in [1.82, 2.24) is 20.4 Å². The van der Waals surface area contributed by atoms with Crippen LogP contribution in [-0.2, 0) is 17.9 Å². The van der Waals surface area contributed by atoms with E-state index in [4.69, 9.17) is 4.99 Å². The lowest BCUT2D eigenvalue weighted by Crippen LogP contribution is -2.47. The van der Waals surface area contributed by atoms with Gasteiger partial charge in [-0.2, -0.15) is 0 Å². The van der Waals surface area contributed by atoms with Crippen molar-refractivity contribution in [2.75, 3.05) is 33.7 Å². The molecule has 6 nitrogen and oxygen atoms in total. The van der Waals surface area contributed by atoms with Gasteiger partial charge in [0.25, 0.3) is 0 Å². The number of carbonyl (C=O) groups is 1. The number of carbonyl (C=O) groups excluding carboxylic acids is 1. The van der Waals surface area contributed by atoms with Crippen molar-refractivity contribution in [3.8, 4) is 0 Å². The summed E-state index contributed by atoms with van der Waals surface area (Å²) in [6.07, 6.45) is 8.85. The van der Waals surface area contributed by atoms with Crippen molar-refractivity contribution in [1.29, 1.82) is 0 Å². The summed E-state index contributed by atoms with van der Waals surface area (Å²) in [4.78, 5) is 20.9. The molecule has 0 unspecified atom stereocenters. The summed E-state index contributed by atoms with van der Waals surface area (Å²) in [6, 6.07) is 9.25. The first-order valence-corrected chi connectivity index (χ1v) is 11.2. The molecule has 1 aromatic rings. The molecule has 1 amide bonds. The van der Waals surface area contributed by atoms with E-state index in [1.807, 2.05) is 0 Å². The molecular weight excluding hydrogens is 489 g/mol. The standard InChI is InChI=1S/C23H37N5O.HI/c1-27(2)22(29)17-25-23(26-21-8-4-3-5-9-21)24-16-19-10-12-20(13-11-19)18-28-14-6-7-15-28;/h10-13,21H,3-9,14-18H2,1-2H3,(H2,24,25,26);1H. The first-order valence-electron chi connectivity index (χ1n) is 11.2. The number of amides is 1. The number of halogens is 1. The SMILES string of the molecule is CN(C)C(=O)CNC(=NCc1ccc(CN2CCCC2)cc1)NC1CCCCC1.I. The molecule has 168 valence electrons. The van der Waals surface area contributed by atoms with Crippen LogP contribution in [0.1, 0.15) is 56.1 Å². The largest absolute Gasteiger partial charge is 0.354 e. The average molecular weight is 527 g/mol. The van der Waals surface area contributed by atoms with Crippen molar-refractivity contribution in [3.63, 3.8) is 0 Å². The molecule has 1 saturated carbocycles. The lowest BCUT2D eigenvalue weighted by atomic mass is 9.96. The van der Waals surface area contributed by atoms with Gasteiger partial charge in [0.05, 0.1) is 13.1 Å². The fourth-order valence-electron chi connectivity index (χ4n) is 4.03. The second-order valence-corrected chi connectivity index (χ2v) is 8.59. The summed E-state index contributed by atoms with van der Waals surface area (Å²) in [5.41, 5.74) is 2.56. The zero-order chi connectivity index (χ0) is 20.5. The minimum Gasteiger partial charge on any atom is -0.354 e. The van der Waals surface area contributed by atoms with Crippen LogP contribution in [0.2, 0.25) is 0 Å². The first kappa shape index (κ1) is 24.9. The van der Waals surface area contributed by atoms with Crippen LogP contribution in [0.4, 0.5) is 0 Å². The maximum atomic E-state index is 12.0. The smallest absolute Gasteiger partial charge is 0.241 e. The lowest BCUT2D eigenvalue weighted by molar-refractivity contribution is -0.127. The van der Waals surface area contributed by atoms with Crippen LogP contribution >= 0.6 is 24.0 Å². The Morgan fingerprint density at radius 1 is 1.03 bits per heavy atom. The molecule has 2 aliphatic rings. The zero-order valence-electron chi connectivity index (χ0n) is 18.5. The summed E-state index contributed by atoms with van der Waals surface area (Å²) in [6.45, 7) is 4.37. The highest BCUT2D eigenvalue weighted by atomic mass is 127. The number of hydrogen-bond donors (Lipinski definition) is 2. The molecule has 1 aliphatic heterocycles. The quantitative estimate of drug-likeness (QED) is 0.325. The fourth-order valence-corrected chi connectivity index (χ4v) is 4.03. The molecule has 1 aliphatic carbocycles. The number of rotatable bonds is 7. The van der Waals surface area contributed by atoms with Gasteiger partial charge < -0.3 is 15.5 Å². The van der Waals surface area contributed by atoms with Crippen molar-refractivity contribution in [3.05, 3.63) is 35.4 Å². The number of benzene rings is 1. The van der Waals surface area contributed by atoms with E-state index < -0.39 is 0 Å². The van der Waals surface area contributed by atoms with Crippen LogP contribution in [0.15, 0.2) is 29.3 Å². The molecular formula is C23H38IN5O. The Labute approximate surface area is 198 Å². The molecule has 0 atom stereocenters. The molecule has 1 aromatic carbocycles. The van der Waals surface area contributed by atoms with Gasteiger partial charge in [0.15, 0.2) is 5.96 Å². The van der Waals surface area contributed by atoms with E-state index in [9.17, 15) is 4.79 Å². The molecule has 0 aromatic heterocycles. The number of likely N-dealkylation sites (N-methyl/N-ethyl adjacent to an activating group) is 1. The van der Waals surface area contributed by atoms with Crippen molar-refractivity contribution in [2.24, 2.45) is 4.99 Å². The molecule has 3 rings (SSSR count). The van der Waals surface area contributed by atoms with E-state index in [2.05, 4.69) is 39.8 Å². The van der Waals surface area contributed by atoms with Crippen LogP contribution < -0.4 is 10.6 Å².